The van der Waals surface area contributed by atoms with Gasteiger partial charge in [0.2, 0.25) is 0 Å². The second kappa shape index (κ2) is 8.68. The van der Waals surface area contributed by atoms with Gasteiger partial charge in [-0.2, -0.15) is 0 Å². The molecule has 31 heavy (non-hydrogen) atoms. The number of carbonyl (C=O) groups excluding carboxylic acids is 1. The molecule has 1 aromatic rings. The van der Waals surface area contributed by atoms with Crippen LogP contribution in [0.5, 0.6) is 0 Å². The molecule has 168 valence electrons. The fourth-order valence-corrected chi connectivity index (χ4v) is 7.38. The van der Waals surface area contributed by atoms with Crippen molar-refractivity contribution in [1.82, 2.24) is 10.2 Å². The average Bonchev–Trinajstić information content (AvgIpc) is 3.21. The highest BCUT2D eigenvalue weighted by Crippen LogP contribution is 2.55. The van der Waals surface area contributed by atoms with E-state index in [2.05, 4.69) is 5.32 Å². The highest BCUT2D eigenvalue weighted by Gasteiger charge is 2.52. The van der Waals surface area contributed by atoms with Crippen molar-refractivity contribution >= 4 is 23.3 Å². The van der Waals surface area contributed by atoms with Gasteiger partial charge < -0.3 is 15.0 Å². The summed E-state index contributed by atoms with van der Waals surface area (Å²) < 4.78 is 19.6. The molecule has 6 heteroatoms. The Bertz CT molecular complexity index is 809. The van der Waals surface area contributed by atoms with E-state index in [1.807, 2.05) is 11.0 Å². The average molecular weight is 445 g/mol. The number of thiocarbonyl (C=S) groups is 1. The van der Waals surface area contributed by atoms with Crippen molar-refractivity contribution in [3.8, 4) is 0 Å². The quantitative estimate of drug-likeness (QED) is 0.482. The smallest absolute Gasteiger partial charge is 0.318 e. The zero-order valence-corrected chi connectivity index (χ0v) is 19.0. The third-order valence-corrected chi connectivity index (χ3v) is 8.38. The summed E-state index contributed by atoms with van der Waals surface area (Å²) in [4.78, 5) is 15.2. The molecule has 6 rings (SSSR count). The molecule has 2 amide bonds. The summed E-state index contributed by atoms with van der Waals surface area (Å²) in [5.41, 5.74) is 0.718. The van der Waals surface area contributed by atoms with E-state index in [0.717, 1.165) is 56.4 Å². The predicted octanol–water partition coefficient (Wildman–Crippen LogP) is 5.25. The molecule has 1 aliphatic heterocycles. The predicted molar refractivity (Wildman–Crippen MR) is 122 cm³/mol. The van der Waals surface area contributed by atoms with E-state index in [-0.39, 0.29) is 23.4 Å². The first kappa shape index (κ1) is 21.2. The minimum atomic E-state index is -0.173. The lowest BCUT2D eigenvalue weighted by Crippen LogP contribution is -2.62. The van der Waals surface area contributed by atoms with Gasteiger partial charge in [0.15, 0.2) is 5.05 Å². The number of nitrogens with one attached hydrogen (secondary N) is 1. The maximum atomic E-state index is 13.8. The number of urea groups is 1. The fraction of sp³-hybridized carbons (Fsp3) is 0.680. The van der Waals surface area contributed by atoms with Crippen LogP contribution in [0.3, 0.4) is 0 Å². The van der Waals surface area contributed by atoms with E-state index in [4.69, 9.17) is 17.0 Å². The Morgan fingerprint density at radius 1 is 1.16 bits per heavy atom. The topological polar surface area (TPSA) is 41.6 Å². The maximum Gasteiger partial charge on any atom is 0.318 e. The van der Waals surface area contributed by atoms with E-state index in [1.54, 1.807) is 12.1 Å². The Morgan fingerprint density at radius 2 is 1.84 bits per heavy atom. The molecular weight excluding hydrogens is 411 g/mol. The number of halogens is 1. The van der Waals surface area contributed by atoms with E-state index in [1.165, 1.54) is 25.3 Å². The van der Waals surface area contributed by atoms with Crippen LogP contribution in [-0.2, 0) is 11.2 Å². The van der Waals surface area contributed by atoms with Crippen LogP contribution in [0.2, 0.25) is 0 Å². The summed E-state index contributed by atoms with van der Waals surface area (Å²) in [5.74, 6) is 2.24. The number of aryl methyl sites for hydroxylation is 1. The van der Waals surface area contributed by atoms with Gasteiger partial charge in [-0.05, 0) is 106 Å². The Balaban J connectivity index is 1.13. The molecule has 1 N–H and O–H groups in total. The number of hydrogen-bond donors (Lipinski definition) is 1. The zero-order valence-electron chi connectivity index (χ0n) is 18.2. The van der Waals surface area contributed by atoms with E-state index >= 15 is 0 Å². The highest BCUT2D eigenvalue weighted by atomic mass is 32.1. The van der Waals surface area contributed by atoms with Gasteiger partial charge in [0.25, 0.3) is 0 Å². The van der Waals surface area contributed by atoms with Crippen molar-refractivity contribution in [3.63, 3.8) is 0 Å². The Morgan fingerprint density at radius 3 is 2.52 bits per heavy atom. The fourth-order valence-electron chi connectivity index (χ4n) is 7.05. The van der Waals surface area contributed by atoms with Gasteiger partial charge in [-0.1, -0.05) is 18.2 Å². The minimum absolute atomic E-state index is 0.0151. The molecule has 4 saturated carbocycles. The molecule has 0 unspecified atom stereocenters. The molecule has 1 atom stereocenters. The Hall–Kier alpha value is -1.69. The van der Waals surface area contributed by atoms with Crippen molar-refractivity contribution in [3.05, 3.63) is 35.6 Å². The van der Waals surface area contributed by atoms with Gasteiger partial charge in [0.05, 0.1) is 6.61 Å². The number of rotatable bonds is 6. The van der Waals surface area contributed by atoms with Crippen molar-refractivity contribution < 1.29 is 13.9 Å². The van der Waals surface area contributed by atoms with Gasteiger partial charge in [-0.25, -0.2) is 9.18 Å². The molecule has 4 aliphatic carbocycles. The lowest BCUT2D eigenvalue weighted by atomic mass is 9.53. The number of amides is 2. The van der Waals surface area contributed by atoms with Crippen molar-refractivity contribution in [1.29, 1.82) is 0 Å². The molecule has 1 saturated heterocycles. The summed E-state index contributed by atoms with van der Waals surface area (Å²) in [7, 11) is 0. The molecule has 4 nitrogen and oxygen atoms in total. The number of carbonyl (C=O) groups is 1. The summed E-state index contributed by atoms with van der Waals surface area (Å²) in [6, 6.07) is 6.76. The van der Waals surface area contributed by atoms with Crippen LogP contribution in [0.25, 0.3) is 0 Å². The van der Waals surface area contributed by atoms with Crippen LogP contribution in [0, 0.1) is 23.6 Å². The number of ether oxygens (including phenoxy) is 1. The molecule has 4 bridgehead atoms. The first-order valence-corrected chi connectivity index (χ1v) is 12.4. The Labute approximate surface area is 189 Å². The van der Waals surface area contributed by atoms with Crippen molar-refractivity contribution in [2.24, 2.45) is 17.8 Å². The number of likely N-dealkylation sites (tertiary alicyclic amines) is 1. The third-order valence-electron chi connectivity index (χ3n) is 7.99. The molecular formula is C25H33FN2O2S. The highest BCUT2D eigenvalue weighted by molar-refractivity contribution is 7.80. The van der Waals surface area contributed by atoms with Gasteiger partial charge in [-0.3, -0.25) is 0 Å². The van der Waals surface area contributed by atoms with Gasteiger partial charge in [0, 0.05) is 12.1 Å². The van der Waals surface area contributed by atoms with Crippen LogP contribution < -0.4 is 5.32 Å². The lowest BCUT2D eigenvalue weighted by Gasteiger charge is -2.57. The SMILES string of the molecule is O=C(NC12CC3CC(CC(C3)C1)C2)N1CCC[C@H]1C(=S)OCCCc1ccccc1F. The van der Waals surface area contributed by atoms with Gasteiger partial charge >= 0.3 is 6.03 Å². The van der Waals surface area contributed by atoms with Crippen LogP contribution >= 0.6 is 12.2 Å². The summed E-state index contributed by atoms with van der Waals surface area (Å²) in [6.45, 7) is 1.19. The molecule has 0 aromatic heterocycles. The molecule has 1 heterocycles. The normalized spacial score (nSPS) is 33.5. The van der Waals surface area contributed by atoms with Crippen molar-refractivity contribution in [2.75, 3.05) is 13.2 Å². The Kier molecular flexibility index (Phi) is 5.93. The minimum Gasteiger partial charge on any atom is -0.485 e. The number of hydrogen-bond acceptors (Lipinski definition) is 3. The lowest BCUT2D eigenvalue weighted by molar-refractivity contribution is -0.0156. The van der Waals surface area contributed by atoms with Crippen LogP contribution in [0.1, 0.15) is 63.4 Å². The molecule has 5 aliphatic rings. The van der Waals surface area contributed by atoms with E-state index < -0.39 is 0 Å². The van der Waals surface area contributed by atoms with Crippen LogP contribution in [-0.4, -0.2) is 40.7 Å². The number of nitrogens with zero attached hydrogens (tertiary/aromatic N) is 1. The largest absolute Gasteiger partial charge is 0.485 e. The first-order chi connectivity index (χ1) is 15.0. The third kappa shape index (κ3) is 4.46. The number of benzene rings is 1. The van der Waals surface area contributed by atoms with Crippen molar-refractivity contribution in [2.45, 2.75) is 75.8 Å². The molecule has 5 fully saturated rings. The maximum absolute atomic E-state index is 13.8. The standard InChI is InChI=1S/C25H33FN2O2S/c26-21-7-2-1-5-20(21)6-4-10-30-23(31)22-8-3-9-28(22)24(29)27-25-14-17-11-18(15-25)13-19(12-17)16-25/h1-2,5,7,17-19,22H,3-4,6,8-16H2,(H,27,29)/t17?,18?,19?,22-,25?/m0/s1. The van der Waals surface area contributed by atoms with Gasteiger partial charge in [0.1, 0.15) is 11.9 Å². The monoisotopic (exact) mass is 444 g/mol. The van der Waals surface area contributed by atoms with E-state index in [0.29, 0.717) is 30.1 Å². The second-order valence-electron chi connectivity index (χ2n) is 10.3. The van der Waals surface area contributed by atoms with Crippen LogP contribution in [0.4, 0.5) is 9.18 Å². The van der Waals surface area contributed by atoms with E-state index in [9.17, 15) is 9.18 Å². The van der Waals surface area contributed by atoms with Crippen LogP contribution in [0.15, 0.2) is 24.3 Å². The summed E-state index contributed by atoms with van der Waals surface area (Å²) in [5, 5.41) is 3.98. The first-order valence-electron chi connectivity index (χ1n) is 12.0. The zero-order chi connectivity index (χ0) is 21.4. The van der Waals surface area contributed by atoms with Gasteiger partial charge in [-0.15, -0.1) is 0 Å². The second-order valence-corrected chi connectivity index (χ2v) is 10.7. The molecule has 1 aromatic carbocycles. The molecule has 0 spiro atoms. The molecule has 0 radical (unpaired) electrons. The summed E-state index contributed by atoms with van der Waals surface area (Å²) in [6.07, 6.45) is 10.7. The summed E-state index contributed by atoms with van der Waals surface area (Å²) >= 11 is 5.56.